The summed E-state index contributed by atoms with van der Waals surface area (Å²) < 4.78 is 84.6. The Hall–Kier alpha value is -3.63. The maximum Gasteiger partial charge on any atom is 0.310 e. The monoisotopic (exact) mass is 660 g/mol. The Morgan fingerprint density at radius 1 is 0.978 bits per heavy atom. The molecule has 0 saturated carbocycles. The van der Waals surface area contributed by atoms with Crippen molar-refractivity contribution in [3.63, 3.8) is 0 Å². The summed E-state index contributed by atoms with van der Waals surface area (Å²) in [6.45, 7) is -5.11. The van der Waals surface area contributed by atoms with Crippen LogP contribution in [0.4, 0.5) is 0 Å². The molecule has 2 aromatic carbocycles. The van der Waals surface area contributed by atoms with Gasteiger partial charge in [-0.1, -0.05) is 6.07 Å². The number of carbonyl (C=O) groups is 1. The lowest BCUT2D eigenvalue weighted by Gasteiger charge is -2.48. The lowest BCUT2D eigenvalue weighted by atomic mass is 9.66. The van der Waals surface area contributed by atoms with Crippen molar-refractivity contribution in [2.45, 2.75) is 49.0 Å². The zero-order valence-electron chi connectivity index (χ0n) is 28.4. The molecule has 1 unspecified atom stereocenters. The van der Waals surface area contributed by atoms with Crippen molar-refractivity contribution in [3.8, 4) is 28.7 Å². The number of aromatic hydroxyl groups is 1. The second kappa shape index (κ2) is 11.6. The molecule has 0 amide bonds. The largest absolute Gasteiger partial charge is 0.502 e. The highest BCUT2D eigenvalue weighted by Crippen LogP contribution is 2.57. The second-order valence-corrected chi connectivity index (χ2v) is 12.4. The van der Waals surface area contributed by atoms with Gasteiger partial charge in [0, 0.05) is 11.8 Å². The van der Waals surface area contributed by atoms with Crippen LogP contribution in [-0.4, -0.2) is 86.1 Å². The van der Waals surface area contributed by atoms with Gasteiger partial charge in [0.05, 0.1) is 47.0 Å². The highest BCUT2D eigenvalue weighted by molar-refractivity contribution is 7.10. The summed E-state index contributed by atoms with van der Waals surface area (Å²) in [4.78, 5) is 14.1. The molecular formula is C32H32O13S. The lowest BCUT2D eigenvalue weighted by Crippen LogP contribution is -2.62. The molecule has 0 radical (unpaired) electrons. The summed E-state index contributed by atoms with van der Waals surface area (Å²) in [7, 11) is 2.73. The Labute approximate surface area is 272 Å². The number of fused-ring (bicyclic) bond motifs is 4. The molecule has 5 aliphatic rings. The van der Waals surface area contributed by atoms with Gasteiger partial charge in [-0.05, 0) is 52.4 Å². The fourth-order valence-electron chi connectivity index (χ4n) is 6.86. The molecular weight excluding hydrogens is 624 g/mol. The molecule has 4 aliphatic heterocycles. The van der Waals surface area contributed by atoms with E-state index in [1.807, 2.05) is 0 Å². The molecule has 3 saturated heterocycles. The number of aliphatic hydroxyl groups is 2. The number of ether oxygens (including phenoxy) is 9. The number of rotatable bonds is 6. The van der Waals surface area contributed by atoms with Gasteiger partial charge in [0.2, 0.25) is 12.5 Å². The molecule has 0 bridgehead atoms. The first-order valence-electron chi connectivity index (χ1n) is 16.5. The number of aliphatic hydroxyl groups excluding tert-OH is 2. The van der Waals surface area contributed by atoms with Crippen LogP contribution in [0.1, 0.15) is 45.4 Å². The molecule has 8 rings (SSSR count). The Kier molecular flexibility index (Phi) is 6.40. The zero-order valence-corrected chi connectivity index (χ0v) is 25.2. The number of thiophene rings is 1. The summed E-state index contributed by atoms with van der Waals surface area (Å²) in [5.74, 6) is -3.04. The Bertz CT molecular complexity index is 1780. The number of benzene rings is 2. The number of hydrogen-bond donors (Lipinski definition) is 3. The van der Waals surface area contributed by atoms with E-state index in [2.05, 4.69) is 0 Å². The third-order valence-electron chi connectivity index (χ3n) is 9.03. The van der Waals surface area contributed by atoms with E-state index in [-0.39, 0.29) is 35.4 Å². The first kappa shape index (κ1) is 25.5. The van der Waals surface area contributed by atoms with Crippen molar-refractivity contribution in [1.29, 1.82) is 0 Å². The van der Waals surface area contributed by atoms with Gasteiger partial charge in [0.1, 0.15) is 27.2 Å². The average Bonchev–Trinajstić information content (AvgIpc) is 3.81. The van der Waals surface area contributed by atoms with E-state index in [1.54, 1.807) is 29.6 Å². The van der Waals surface area contributed by atoms with Gasteiger partial charge in [-0.2, -0.15) is 0 Å². The fraction of sp³-hybridized carbons (Fsp3) is 0.469. The van der Waals surface area contributed by atoms with E-state index in [0.29, 0.717) is 21.6 Å². The average molecular weight is 661 g/mol. The van der Waals surface area contributed by atoms with Crippen LogP contribution >= 0.6 is 11.3 Å². The molecule has 1 aromatic heterocycles. The highest BCUT2D eigenvalue weighted by Gasteiger charge is 2.56. The maximum atomic E-state index is 13.6. The Morgan fingerprint density at radius 2 is 1.72 bits per heavy atom. The number of phenolic OH excluding ortho intramolecular Hbond substituents is 1. The summed E-state index contributed by atoms with van der Waals surface area (Å²) in [5.41, 5.74) is 1.32. The van der Waals surface area contributed by atoms with Crippen molar-refractivity contribution < 1.29 is 68.2 Å². The Morgan fingerprint density at radius 3 is 2.41 bits per heavy atom. The van der Waals surface area contributed by atoms with Gasteiger partial charge >= 0.3 is 5.97 Å². The zero-order chi connectivity index (χ0) is 35.3. The maximum absolute atomic E-state index is 13.6. The molecule has 46 heavy (non-hydrogen) atoms. The number of carbonyl (C=O) groups excluding carboxylic acids is 1. The standard InChI is InChI=1S/C32H32O13S/c1-37-19-6-13(7-20(38-2)25(19)33)23-14-8-17-18(42-12-41-17)9-15(14)28(16-10-39-30(36)24(16)23)44-32-27(35)26(34)29-21(43-32)11-40-31(45-29)22-4-3-5-46-22/h3-9,16,21,23-24,26-29,31-35H,10-12H2,1-2H3/t16-,21+,23+,24-,26+,27?,28+,29+,31+,32-/m0/s1/i11D2,12D2. The minimum Gasteiger partial charge on any atom is -0.502 e. The van der Waals surface area contributed by atoms with Crippen LogP contribution in [0.3, 0.4) is 0 Å². The van der Waals surface area contributed by atoms with Crippen LogP contribution in [0.15, 0.2) is 41.8 Å². The van der Waals surface area contributed by atoms with Crippen LogP contribution in [0.5, 0.6) is 28.7 Å². The SMILES string of the molecule is [2H]C1([2H])Oc2cc3c(cc2O1)[C@@H](O[C@@H]1O[C@H]2[C@@H](O[C@H](c4cccs4)OC2([2H])[2H])[C@H](O)C1O)[C@H]1COC(=O)[C@@H]1[C@@H]3c1cc(OC)c(O)c(OC)c1. The van der Waals surface area contributed by atoms with Crippen molar-refractivity contribution in [3.05, 3.63) is 63.3 Å². The van der Waals surface area contributed by atoms with E-state index in [1.165, 1.54) is 37.7 Å². The number of methoxy groups -OCH3 is 2. The van der Waals surface area contributed by atoms with Gasteiger partial charge in [-0.25, -0.2) is 0 Å². The van der Waals surface area contributed by atoms with Crippen molar-refractivity contribution in [1.82, 2.24) is 0 Å². The van der Waals surface area contributed by atoms with Gasteiger partial charge in [0.15, 0.2) is 35.6 Å². The first-order chi connectivity index (χ1) is 23.8. The van der Waals surface area contributed by atoms with Crippen molar-refractivity contribution >= 4 is 17.3 Å². The van der Waals surface area contributed by atoms with Crippen molar-refractivity contribution in [2.75, 3.05) is 34.1 Å². The molecule has 10 atom stereocenters. The molecule has 244 valence electrons. The van der Waals surface area contributed by atoms with Gasteiger partial charge in [-0.15, -0.1) is 11.3 Å². The van der Waals surface area contributed by atoms with Gasteiger partial charge in [-0.3, -0.25) is 4.79 Å². The van der Waals surface area contributed by atoms with E-state index in [9.17, 15) is 20.1 Å². The van der Waals surface area contributed by atoms with Crippen LogP contribution < -0.4 is 18.9 Å². The quantitative estimate of drug-likeness (QED) is 0.332. The molecule has 1 aliphatic carbocycles. The van der Waals surface area contributed by atoms with Crippen LogP contribution in [0, 0.1) is 11.8 Å². The summed E-state index contributed by atoms with van der Waals surface area (Å²) in [6.07, 6.45) is -10.2. The molecule has 3 fully saturated rings. The highest BCUT2D eigenvalue weighted by atomic mass is 32.1. The molecule has 5 heterocycles. The minimum atomic E-state index is -2.49. The number of hydrogen-bond acceptors (Lipinski definition) is 14. The van der Waals surface area contributed by atoms with Crippen LogP contribution in [-0.2, 0) is 28.5 Å². The molecule has 14 heteroatoms. The number of cyclic esters (lactones) is 1. The van der Waals surface area contributed by atoms with Crippen molar-refractivity contribution in [2.24, 2.45) is 11.8 Å². The minimum absolute atomic E-state index is 0.0425. The molecule has 0 spiro atoms. The van der Waals surface area contributed by atoms with Gasteiger partial charge in [0.25, 0.3) is 0 Å². The molecule has 13 nitrogen and oxygen atoms in total. The third-order valence-corrected chi connectivity index (χ3v) is 9.92. The smallest absolute Gasteiger partial charge is 0.310 e. The summed E-state index contributed by atoms with van der Waals surface area (Å²) in [6, 6.07) is 9.58. The predicted octanol–water partition coefficient (Wildman–Crippen LogP) is 2.75. The van der Waals surface area contributed by atoms with E-state index in [0.717, 1.165) is 0 Å². The Balaban J connectivity index is 1.20. The van der Waals surface area contributed by atoms with E-state index < -0.39 is 80.1 Å². The predicted molar refractivity (Wildman–Crippen MR) is 156 cm³/mol. The van der Waals surface area contributed by atoms with Crippen LogP contribution in [0.25, 0.3) is 0 Å². The first-order valence-corrected chi connectivity index (χ1v) is 15.4. The van der Waals surface area contributed by atoms with Crippen LogP contribution in [0.2, 0.25) is 0 Å². The van der Waals surface area contributed by atoms with Gasteiger partial charge < -0.3 is 58.0 Å². The molecule has 3 N–H and O–H groups in total. The topological polar surface area (TPSA) is 161 Å². The number of esters is 1. The van der Waals surface area contributed by atoms with E-state index in [4.69, 9.17) is 48.1 Å². The van der Waals surface area contributed by atoms with E-state index >= 15 is 0 Å². The third kappa shape index (κ3) is 4.70. The lowest BCUT2D eigenvalue weighted by molar-refractivity contribution is -0.368. The fourth-order valence-corrected chi connectivity index (χ4v) is 7.54. The summed E-state index contributed by atoms with van der Waals surface area (Å²) in [5, 5.41) is 35.0. The molecule has 3 aromatic rings. The second-order valence-electron chi connectivity index (χ2n) is 11.4. The number of phenols is 1. The normalized spacial score (nSPS) is 37.8. The summed E-state index contributed by atoms with van der Waals surface area (Å²) >= 11 is 1.27.